The van der Waals surface area contributed by atoms with E-state index in [0.717, 1.165) is 0 Å². The summed E-state index contributed by atoms with van der Waals surface area (Å²) >= 11 is 0. The Hall–Kier alpha value is -1.56. The van der Waals surface area contributed by atoms with E-state index in [1.165, 1.54) is 13.3 Å². The Morgan fingerprint density at radius 2 is 2.00 bits per heavy atom. The third-order valence-corrected chi connectivity index (χ3v) is 2.51. The number of carbonyl (C=O) groups is 1. The fourth-order valence-corrected chi connectivity index (χ4v) is 1.49. The number of hydrogen-bond acceptors (Lipinski definition) is 4. The van der Waals surface area contributed by atoms with Crippen molar-refractivity contribution in [3.05, 3.63) is 23.8 Å². The van der Waals surface area contributed by atoms with E-state index in [0.29, 0.717) is 11.3 Å². The number of ether oxygens (including phenoxy) is 1. The molecule has 20 heavy (non-hydrogen) atoms. The van der Waals surface area contributed by atoms with Crippen molar-refractivity contribution in [2.24, 2.45) is 10.9 Å². The van der Waals surface area contributed by atoms with Gasteiger partial charge in [0, 0.05) is 28.8 Å². The molecule has 6 nitrogen and oxygen atoms in total. The predicted octanol–water partition coefficient (Wildman–Crippen LogP) is 1.10. The van der Waals surface area contributed by atoms with Gasteiger partial charge < -0.3 is 20.4 Å². The molecule has 0 aliphatic heterocycles. The molecule has 0 aromatic heterocycles. The number of methoxy groups -OCH3 is 1. The van der Waals surface area contributed by atoms with E-state index in [1.807, 2.05) is 0 Å². The molecule has 0 spiro atoms. The summed E-state index contributed by atoms with van der Waals surface area (Å²) < 4.78 is 4.96. The number of hydrogen-bond donors (Lipinski definition) is 2. The average Bonchev–Trinajstić information content (AvgIpc) is 2.30. The van der Waals surface area contributed by atoms with Crippen LogP contribution in [0.25, 0.3) is 0 Å². The van der Waals surface area contributed by atoms with Crippen molar-refractivity contribution in [3.63, 3.8) is 0 Å². The molecule has 1 aromatic rings. The summed E-state index contributed by atoms with van der Waals surface area (Å²) in [5.41, 5.74) is 0.432. The number of para-hydroxylation sites is 1. The first-order valence-corrected chi connectivity index (χ1v) is 5.59. The Morgan fingerprint density at radius 3 is 2.45 bits per heavy atom. The van der Waals surface area contributed by atoms with E-state index in [-0.39, 0.29) is 34.2 Å². The predicted molar refractivity (Wildman–Crippen MR) is 72.1 cm³/mol. The monoisotopic (exact) mass is 332 g/mol. The first-order valence-electron chi connectivity index (χ1n) is 5.59. The molecule has 0 aliphatic carbocycles. The third kappa shape index (κ3) is 5.20. The minimum Gasteiger partial charge on any atom is -0.504 e. The number of carboxylic acid groups (broad SMARTS) is 1. The number of phenols is 1. The third-order valence-electron chi connectivity index (χ3n) is 2.51. The number of carboxylic acids is 1. The maximum atomic E-state index is 11.0. The van der Waals surface area contributed by atoms with Gasteiger partial charge in [0.15, 0.2) is 11.5 Å². The first-order chi connectivity index (χ1) is 8.47. The van der Waals surface area contributed by atoms with Crippen LogP contribution in [-0.2, 0) is 21.9 Å². The number of nitrogens with zero attached hydrogens (tertiary/aromatic N) is 1. The molecule has 7 heteroatoms. The Kier molecular flexibility index (Phi) is 9.71. The molecule has 0 amide bonds. The first kappa shape index (κ1) is 20.8. The van der Waals surface area contributed by atoms with Crippen LogP contribution in [0.1, 0.15) is 19.4 Å². The summed E-state index contributed by atoms with van der Waals surface area (Å²) in [6.45, 7) is 3.56. The van der Waals surface area contributed by atoms with Crippen LogP contribution in [0, 0.1) is 5.92 Å². The van der Waals surface area contributed by atoms with Crippen LogP contribution >= 0.6 is 0 Å². The van der Waals surface area contributed by atoms with Gasteiger partial charge in [0.05, 0.1) is 7.11 Å². The smallest absolute Gasteiger partial charge is 0.328 e. The second-order valence-corrected chi connectivity index (χ2v) is 4.20. The summed E-state index contributed by atoms with van der Waals surface area (Å²) in [5.74, 6) is -0.817. The van der Waals surface area contributed by atoms with Crippen molar-refractivity contribution in [1.29, 1.82) is 0 Å². The van der Waals surface area contributed by atoms with Crippen LogP contribution in [0.2, 0.25) is 0 Å². The van der Waals surface area contributed by atoms with Gasteiger partial charge in [-0.05, 0) is 18.1 Å². The van der Waals surface area contributed by atoms with Crippen LogP contribution in [0.4, 0.5) is 0 Å². The van der Waals surface area contributed by atoms with Crippen molar-refractivity contribution in [2.75, 3.05) is 7.11 Å². The molecular formula is C13H19CuNO5. The number of phenolic OH excluding ortho intramolecular Hbond substituents is 1. The van der Waals surface area contributed by atoms with E-state index in [9.17, 15) is 9.90 Å². The Labute approximate surface area is 128 Å². The van der Waals surface area contributed by atoms with Gasteiger partial charge in [-0.1, -0.05) is 19.9 Å². The van der Waals surface area contributed by atoms with E-state index < -0.39 is 12.0 Å². The maximum Gasteiger partial charge on any atom is 0.328 e. The summed E-state index contributed by atoms with van der Waals surface area (Å²) in [4.78, 5) is 15.0. The van der Waals surface area contributed by atoms with Gasteiger partial charge in [0.1, 0.15) is 6.04 Å². The van der Waals surface area contributed by atoms with Crippen LogP contribution in [0.3, 0.4) is 0 Å². The van der Waals surface area contributed by atoms with E-state index in [4.69, 9.17) is 9.84 Å². The van der Waals surface area contributed by atoms with Crippen molar-refractivity contribution >= 4 is 12.2 Å². The number of benzene rings is 1. The van der Waals surface area contributed by atoms with Crippen molar-refractivity contribution in [1.82, 2.24) is 0 Å². The zero-order valence-electron chi connectivity index (χ0n) is 11.4. The second-order valence-electron chi connectivity index (χ2n) is 4.20. The van der Waals surface area contributed by atoms with Crippen LogP contribution in [0.5, 0.6) is 11.5 Å². The van der Waals surface area contributed by atoms with Crippen molar-refractivity contribution in [3.8, 4) is 11.5 Å². The molecule has 1 atom stereocenters. The molecular weight excluding hydrogens is 314 g/mol. The zero-order chi connectivity index (χ0) is 13.7. The van der Waals surface area contributed by atoms with E-state index in [1.54, 1.807) is 32.0 Å². The molecule has 0 aliphatic rings. The molecule has 1 unspecified atom stereocenters. The summed E-state index contributed by atoms with van der Waals surface area (Å²) in [5, 5.41) is 18.8. The fraction of sp³-hybridized carbons (Fsp3) is 0.385. The minimum atomic E-state index is -0.983. The van der Waals surface area contributed by atoms with Crippen LogP contribution < -0.4 is 4.74 Å². The number of aliphatic imine (C=N–C) groups is 1. The quantitative estimate of drug-likeness (QED) is 0.621. The minimum absolute atomic E-state index is 0. The molecule has 0 heterocycles. The van der Waals surface area contributed by atoms with Gasteiger partial charge in [-0.15, -0.1) is 0 Å². The SMILES string of the molecule is COc1cccc(C=NC(C(=O)O)C(C)C)c1O.O.[Cu]. The number of aliphatic carboxylic acids is 1. The Bertz CT molecular complexity index is 462. The van der Waals surface area contributed by atoms with Crippen molar-refractivity contribution < 1.29 is 42.3 Å². The second kappa shape index (κ2) is 9.36. The summed E-state index contributed by atoms with van der Waals surface area (Å²) in [7, 11) is 1.45. The summed E-state index contributed by atoms with van der Waals surface area (Å²) in [6, 6.07) is 4.13. The standard InChI is InChI=1S/C13H17NO4.Cu.H2O/c1-8(2)11(13(16)17)14-7-9-5-4-6-10(18-3)12(9)15;;/h4-8,11,15H,1-3H3,(H,16,17);;1H2. The van der Waals surface area contributed by atoms with Crippen LogP contribution in [-0.4, -0.2) is 41.0 Å². The molecule has 0 bridgehead atoms. The Morgan fingerprint density at radius 1 is 1.40 bits per heavy atom. The van der Waals surface area contributed by atoms with E-state index in [2.05, 4.69) is 4.99 Å². The zero-order valence-corrected chi connectivity index (χ0v) is 12.4. The molecule has 1 aromatic carbocycles. The Balaban J connectivity index is 0. The number of rotatable bonds is 5. The average molecular weight is 333 g/mol. The van der Waals surface area contributed by atoms with Gasteiger partial charge in [-0.2, -0.15) is 0 Å². The van der Waals surface area contributed by atoms with Gasteiger partial charge in [-0.3, -0.25) is 4.99 Å². The van der Waals surface area contributed by atoms with Gasteiger partial charge in [0.25, 0.3) is 0 Å². The molecule has 1 radical (unpaired) electrons. The van der Waals surface area contributed by atoms with Gasteiger partial charge in [-0.25, -0.2) is 4.79 Å². The van der Waals surface area contributed by atoms with E-state index >= 15 is 0 Å². The fourth-order valence-electron chi connectivity index (χ4n) is 1.49. The largest absolute Gasteiger partial charge is 0.504 e. The van der Waals surface area contributed by atoms with Gasteiger partial charge >= 0.3 is 5.97 Å². The van der Waals surface area contributed by atoms with Gasteiger partial charge in [0.2, 0.25) is 0 Å². The molecule has 0 fully saturated rings. The molecule has 0 saturated carbocycles. The maximum absolute atomic E-state index is 11.0. The molecule has 4 N–H and O–H groups in total. The molecule has 117 valence electrons. The molecule has 0 saturated heterocycles. The topological polar surface area (TPSA) is 111 Å². The van der Waals surface area contributed by atoms with Crippen LogP contribution in [0.15, 0.2) is 23.2 Å². The van der Waals surface area contributed by atoms with Crippen molar-refractivity contribution in [2.45, 2.75) is 19.9 Å². The normalized spacial score (nSPS) is 11.6. The summed E-state index contributed by atoms with van der Waals surface area (Å²) in [6.07, 6.45) is 1.36. The molecule has 1 rings (SSSR count). The number of aromatic hydroxyl groups is 1.